The Morgan fingerprint density at radius 1 is 1.09 bits per heavy atom. The van der Waals surface area contributed by atoms with Gasteiger partial charge in [-0.25, -0.2) is 15.0 Å². The Hall–Kier alpha value is -3.82. The van der Waals surface area contributed by atoms with Crippen LogP contribution in [0.25, 0.3) is 11.5 Å². The van der Waals surface area contributed by atoms with Crippen LogP contribution in [0.2, 0.25) is 0 Å². The van der Waals surface area contributed by atoms with Crippen molar-refractivity contribution < 1.29 is 4.52 Å². The molecular weight excluding hydrogens is 406 g/mol. The Morgan fingerprint density at radius 3 is 2.75 bits per heavy atom. The lowest BCUT2D eigenvalue weighted by molar-refractivity contribution is 0.362. The van der Waals surface area contributed by atoms with Gasteiger partial charge < -0.3 is 14.7 Å². The molecule has 0 amide bonds. The number of hydrogen-bond acceptors (Lipinski definition) is 9. The summed E-state index contributed by atoms with van der Waals surface area (Å²) in [5.41, 5.74) is 2.66. The predicted octanol–water partition coefficient (Wildman–Crippen LogP) is 3.85. The molecule has 0 aliphatic carbocycles. The highest BCUT2D eigenvalue weighted by molar-refractivity contribution is 5.55. The normalized spacial score (nSPS) is 15.9. The lowest BCUT2D eigenvalue weighted by atomic mass is 10.1. The average molecular weight is 432 g/mol. The molecule has 10 nitrogen and oxygen atoms in total. The number of anilines is 3. The van der Waals surface area contributed by atoms with Crippen molar-refractivity contribution in [1.29, 1.82) is 0 Å². The number of H-pyrrole nitrogens is 1. The molecule has 4 aromatic rings. The Labute approximate surface area is 185 Å². The molecule has 1 saturated heterocycles. The van der Waals surface area contributed by atoms with Gasteiger partial charge in [0.1, 0.15) is 5.82 Å². The van der Waals surface area contributed by atoms with Crippen LogP contribution in [0.3, 0.4) is 0 Å². The van der Waals surface area contributed by atoms with Gasteiger partial charge in [-0.1, -0.05) is 19.0 Å². The van der Waals surface area contributed by atoms with Gasteiger partial charge >= 0.3 is 0 Å². The first kappa shape index (κ1) is 20.1. The van der Waals surface area contributed by atoms with E-state index in [0.717, 1.165) is 61.0 Å². The molecule has 164 valence electrons. The van der Waals surface area contributed by atoms with Gasteiger partial charge in [0.05, 0.1) is 6.04 Å². The van der Waals surface area contributed by atoms with E-state index in [-0.39, 0.29) is 6.04 Å². The maximum absolute atomic E-state index is 5.70. The number of aryl methyl sites for hydroxylation is 2. The summed E-state index contributed by atoms with van der Waals surface area (Å²) in [6.45, 7) is 5.02. The average Bonchev–Trinajstić information content (AvgIpc) is 3.59. The Kier molecular flexibility index (Phi) is 5.49. The van der Waals surface area contributed by atoms with Crippen molar-refractivity contribution in [2.24, 2.45) is 0 Å². The Bertz CT molecular complexity index is 1190. The highest BCUT2D eigenvalue weighted by atomic mass is 16.5. The molecule has 0 saturated carbocycles. The molecule has 1 aliphatic rings. The number of nitrogens with zero attached hydrogens (tertiary/aromatic N) is 7. The first-order valence-corrected chi connectivity index (χ1v) is 10.9. The van der Waals surface area contributed by atoms with Gasteiger partial charge in [-0.3, -0.25) is 5.10 Å². The maximum atomic E-state index is 5.70. The van der Waals surface area contributed by atoms with Crippen molar-refractivity contribution in [3.8, 4) is 11.5 Å². The van der Waals surface area contributed by atoms with E-state index in [0.29, 0.717) is 17.5 Å². The molecule has 0 spiro atoms. The summed E-state index contributed by atoms with van der Waals surface area (Å²) in [5, 5.41) is 14.8. The van der Waals surface area contributed by atoms with E-state index in [4.69, 9.17) is 14.5 Å². The Balaban J connectivity index is 1.42. The summed E-state index contributed by atoms with van der Waals surface area (Å²) in [7, 11) is 0. The van der Waals surface area contributed by atoms with Gasteiger partial charge in [0.15, 0.2) is 23.1 Å². The van der Waals surface area contributed by atoms with E-state index in [1.54, 1.807) is 18.5 Å². The van der Waals surface area contributed by atoms with Crippen LogP contribution in [0.4, 0.5) is 17.6 Å². The lowest BCUT2D eigenvalue weighted by Gasteiger charge is -2.23. The van der Waals surface area contributed by atoms with Gasteiger partial charge in [0, 0.05) is 48.5 Å². The van der Waals surface area contributed by atoms with Crippen molar-refractivity contribution in [2.75, 3.05) is 16.8 Å². The van der Waals surface area contributed by atoms with Crippen molar-refractivity contribution in [3.05, 3.63) is 53.8 Å². The summed E-state index contributed by atoms with van der Waals surface area (Å²) in [6.07, 6.45) is 7.05. The molecule has 0 aromatic carbocycles. The topological polar surface area (TPSA) is 122 Å². The maximum Gasteiger partial charge on any atom is 0.228 e. The van der Waals surface area contributed by atoms with Crippen LogP contribution in [0.5, 0.6) is 0 Å². The molecule has 4 aromatic heterocycles. The second-order valence-corrected chi connectivity index (χ2v) is 7.69. The summed E-state index contributed by atoms with van der Waals surface area (Å²) in [4.78, 5) is 20.3. The number of aromatic amines is 1. The van der Waals surface area contributed by atoms with Crippen LogP contribution in [0, 0.1) is 0 Å². The van der Waals surface area contributed by atoms with Crippen molar-refractivity contribution in [3.63, 3.8) is 0 Å². The van der Waals surface area contributed by atoms with Gasteiger partial charge in [-0.15, -0.1) is 0 Å². The zero-order valence-corrected chi connectivity index (χ0v) is 18.1. The van der Waals surface area contributed by atoms with Crippen LogP contribution < -0.4 is 10.2 Å². The molecule has 1 aliphatic heterocycles. The molecule has 2 N–H and O–H groups in total. The van der Waals surface area contributed by atoms with Crippen molar-refractivity contribution in [2.45, 2.75) is 45.6 Å². The van der Waals surface area contributed by atoms with E-state index >= 15 is 0 Å². The number of aromatic nitrogens is 7. The van der Waals surface area contributed by atoms with Crippen molar-refractivity contribution >= 4 is 17.6 Å². The summed E-state index contributed by atoms with van der Waals surface area (Å²) in [6, 6.07) is 7.66. The molecule has 10 heteroatoms. The fraction of sp³-hybridized carbons (Fsp3) is 0.364. The van der Waals surface area contributed by atoms with Gasteiger partial charge in [-0.05, 0) is 31.7 Å². The zero-order chi connectivity index (χ0) is 21.9. The van der Waals surface area contributed by atoms with Crippen molar-refractivity contribution in [1.82, 2.24) is 35.3 Å². The molecule has 1 unspecified atom stereocenters. The second-order valence-electron chi connectivity index (χ2n) is 7.69. The van der Waals surface area contributed by atoms with Crippen LogP contribution in [0.1, 0.15) is 49.9 Å². The monoisotopic (exact) mass is 431 g/mol. The first-order valence-electron chi connectivity index (χ1n) is 10.9. The lowest BCUT2D eigenvalue weighted by Crippen LogP contribution is -2.25. The third-order valence-electron chi connectivity index (χ3n) is 5.56. The molecule has 1 atom stereocenters. The fourth-order valence-corrected chi connectivity index (χ4v) is 3.88. The molecule has 5 heterocycles. The minimum atomic E-state index is 0.0111. The number of nitrogens with one attached hydrogen (secondary N) is 2. The number of rotatable bonds is 7. The summed E-state index contributed by atoms with van der Waals surface area (Å²) >= 11 is 0. The first-order chi connectivity index (χ1) is 15.7. The molecule has 32 heavy (non-hydrogen) atoms. The molecule has 0 radical (unpaired) electrons. The van der Waals surface area contributed by atoms with E-state index in [1.165, 1.54) is 0 Å². The summed E-state index contributed by atoms with van der Waals surface area (Å²) < 4.78 is 5.70. The van der Waals surface area contributed by atoms with E-state index < -0.39 is 0 Å². The molecule has 1 fully saturated rings. The largest absolute Gasteiger partial charge is 0.358 e. The van der Waals surface area contributed by atoms with Crippen LogP contribution >= 0.6 is 0 Å². The van der Waals surface area contributed by atoms with Gasteiger partial charge in [-0.2, -0.15) is 10.1 Å². The van der Waals surface area contributed by atoms with Gasteiger partial charge in [0.25, 0.3) is 0 Å². The molecule has 0 bridgehead atoms. The molecular formula is C22H25N9O. The Morgan fingerprint density at radius 2 is 1.97 bits per heavy atom. The van der Waals surface area contributed by atoms with E-state index in [9.17, 15) is 0 Å². The fourth-order valence-electron chi connectivity index (χ4n) is 3.88. The summed E-state index contributed by atoms with van der Waals surface area (Å²) in [5.74, 6) is 3.46. The van der Waals surface area contributed by atoms with E-state index in [2.05, 4.69) is 49.4 Å². The van der Waals surface area contributed by atoms with Crippen LogP contribution in [-0.4, -0.2) is 41.8 Å². The quantitative estimate of drug-likeness (QED) is 0.449. The van der Waals surface area contributed by atoms with Crippen LogP contribution in [0.15, 0.2) is 41.2 Å². The highest BCUT2D eigenvalue weighted by Crippen LogP contribution is 2.36. The third-order valence-corrected chi connectivity index (χ3v) is 5.56. The predicted molar refractivity (Wildman–Crippen MR) is 120 cm³/mol. The van der Waals surface area contributed by atoms with Gasteiger partial charge in [0.2, 0.25) is 5.95 Å². The highest BCUT2D eigenvalue weighted by Gasteiger charge is 2.32. The standard InChI is InChI=1S/C22H25N9O/c1-3-14-11-19(26-20-12-15(4-2)28-29-20)27-22(25-14)31-10-5-7-17(31)18-13-16(30-32-18)21-23-8-6-9-24-21/h6,8-9,11-13,17H,3-5,7,10H2,1-2H3,(H2,25,26,27,28,29). The third kappa shape index (κ3) is 4.03. The SMILES string of the molecule is CCc1cc(Nc2cc(CC)[nH]n2)nc(N2CCCC2c2cc(-c3ncccn3)no2)n1. The minimum absolute atomic E-state index is 0.0111. The zero-order valence-electron chi connectivity index (χ0n) is 18.1. The molecule has 5 rings (SSSR count). The second kappa shape index (κ2) is 8.74. The van der Waals surface area contributed by atoms with E-state index in [1.807, 2.05) is 18.2 Å². The number of hydrogen-bond donors (Lipinski definition) is 2. The smallest absolute Gasteiger partial charge is 0.228 e. The minimum Gasteiger partial charge on any atom is -0.358 e. The van der Waals surface area contributed by atoms with Crippen LogP contribution in [-0.2, 0) is 12.8 Å².